The zero-order valence-corrected chi connectivity index (χ0v) is 14.2. The zero-order valence-electron chi connectivity index (χ0n) is 11.8. The second-order valence-corrected chi connectivity index (χ2v) is 7.60. The first-order chi connectivity index (χ1) is 9.95. The molecule has 0 aliphatic carbocycles. The summed E-state index contributed by atoms with van der Waals surface area (Å²) in [5.41, 5.74) is 0.703. The SMILES string of the molecule is CC(C)Cc1nc(CSc2ccc(Cl)cc2)sc1C(=O)O. The van der Waals surface area contributed by atoms with Gasteiger partial charge in [-0.2, -0.15) is 0 Å². The van der Waals surface area contributed by atoms with E-state index < -0.39 is 5.97 Å². The third-order valence-electron chi connectivity index (χ3n) is 2.71. The lowest BCUT2D eigenvalue weighted by atomic mass is 10.1. The maximum atomic E-state index is 11.3. The highest BCUT2D eigenvalue weighted by atomic mass is 35.5. The molecular weight excluding hydrogens is 326 g/mol. The Hall–Kier alpha value is -1.04. The minimum absolute atomic E-state index is 0.371. The van der Waals surface area contributed by atoms with Crippen molar-refractivity contribution >= 4 is 40.7 Å². The van der Waals surface area contributed by atoms with E-state index in [1.807, 2.05) is 24.3 Å². The Balaban J connectivity index is 2.09. The van der Waals surface area contributed by atoms with Gasteiger partial charge in [0.15, 0.2) is 0 Å². The maximum Gasteiger partial charge on any atom is 0.347 e. The average Bonchev–Trinajstić information content (AvgIpc) is 2.80. The molecule has 0 saturated carbocycles. The van der Waals surface area contributed by atoms with Crippen LogP contribution in [-0.2, 0) is 12.2 Å². The molecule has 21 heavy (non-hydrogen) atoms. The van der Waals surface area contributed by atoms with Crippen LogP contribution in [0.15, 0.2) is 29.2 Å². The molecular formula is C15H16ClNO2S2. The van der Waals surface area contributed by atoms with Crippen molar-refractivity contribution in [3.8, 4) is 0 Å². The number of hydrogen-bond donors (Lipinski definition) is 1. The molecule has 0 saturated heterocycles. The summed E-state index contributed by atoms with van der Waals surface area (Å²) in [7, 11) is 0. The molecule has 0 atom stereocenters. The summed E-state index contributed by atoms with van der Waals surface area (Å²) in [6.45, 7) is 4.13. The lowest BCUT2D eigenvalue weighted by molar-refractivity contribution is 0.0700. The Labute approximate surface area is 137 Å². The number of rotatable bonds is 6. The van der Waals surface area contributed by atoms with Gasteiger partial charge in [0.1, 0.15) is 9.88 Å². The number of thioether (sulfide) groups is 1. The Bertz CT molecular complexity index is 623. The molecule has 2 rings (SSSR count). The number of hydrogen-bond acceptors (Lipinski definition) is 4. The van der Waals surface area contributed by atoms with Gasteiger partial charge in [0.2, 0.25) is 0 Å². The zero-order chi connectivity index (χ0) is 15.4. The minimum atomic E-state index is -0.883. The van der Waals surface area contributed by atoms with Gasteiger partial charge in [-0.15, -0.1) is 23.1 Å². The molecule has 0 aliphatic heterocycles. The van der Waals surface area contributed by atoms with Crippen molar-refractivity contribution in [1.29, 1.82) is 0 Å². The molecule has 1 aromatic heterocycles. The molecule has 3 nitrogen and oxygen atoms in total. The highest BCUT2D eigenvalue weighted by Gasteiger charge is 2.18. The van der Waals surface area contributed by atoms with Crippen molar-refractivity contribution in [2.45, 2.75) is 30.9 Å². The van der Waals surface area contributed by atoms with Crippen molar-refractivity contribution < 1.29 is 9.90 Å². The van der Waals surface area contributed by atoms with Crippen LogP contribution in [0.4, 0.5) is 0 Å². The number of carboxylic acid groups (broad SMARTS) is 1. The van der Waals surface area contributed by atoms with Gasteiger partial charge in [0.05, 0.1) is 11.4 Å². The number of thiazole rings is 1. The van der Waals surface area contributed by atoms with Crippen molar-refractivity contribution in [1.82, 2.24) is 4.98 Å². The van der Waals surface area contributed by atoms with E-state index in [1.165, 1.54) is 11.3 Å². The predicted octanol–water partition coefficient (Wildman–Crippen LogP) is 4.99. The summed E-state index contributed by atoms with van der Waals surface area (Å²) in [6, 6.07) is 7.60. The molecule has 0 fully saturated rings. The molecule has 1 aromatic carbocycles. The van der Waals surface area contributed by atoms with Gasteiger partial charge in [0.25, 0.3) is 0 Å². The lowest BCUT2D eigenvalue weighted by Crippen LogP contribution is -2.02. The Kier molecular flexibility index (Phi) is 5.67. The molecule has 0 radical (unpaired) electrons. The minimum Gasteiger partial charge on any atom is -0.477 e. The Morgan fingerprint density at radius 1 is 1.38 bits per heavy atom. The van der Waals surface area contributed by atoms with E-state index >= 15 is 0 Å². The third kappa shape index (κ3) is 4.73. The van der Waals surface area contributed by atoms with Crippen molar-refractivity contribution in [3.63, 3.8) is 0 Å². The normalized spacial score (nSPS) is 11.0. The summed E-state index contributed by atoms with van der Waals surface area (Å²) in [6.07, 6.45) is 0.698. The van der Waals surface area contributed by atoms with Gasteiger partial charge in [0, 0.05) is 9.92 Å². The van der Waals surface area contributed by atoms with Crippen molar-refractivity contribution in [2.75, 3.05) is 0 Å². The molecule has 0 unspecified atom stereocenters. The van der Waals surface area contributed by atoms with Crippen LogP contribution in [0.5, 0.6) is 0 Å². The van der Waals surface area contributed by atoms with E-state index in [0.717, 1.165) is 9.90 Å². The third-order valence-corrected chi connectivity index (χ3v) is 5.26. The summed E-state index contributed by atoms with van der Waals surface area (Å²) in [5.74, 6) is 0.179. The fraction of sp³-hybridized carbons (Fsp3) is 0.333. The molecule has 2 aromatic rings. The van der Waals surface area contributed by atoms with Gasteiger partial charge in [-0.05, 0) is 36.6 Å². The largest absolute Gasteiger partial charge is 0.477 e. The van der Waals surface area contributed by atoms with E-state index in [4.69, 9.17) is 11.6 Å². The molecule has 112 valence electrons. The van der Waals surface area contributed by atoms with E-state index in [9.17, 15) is 9.90 Å². The topological polar surface area (TPSA) is 50.2 Å². The van der Waals surface area contributed by atoms with E-state index in [1.54, 1.807) is 11.8 Å². The summed E-state index contributed by atoms with van der Waals surface area (Å²) >= 11 is 8.76. The highest BCUT2D eigenvalue weighted by Crippen LogP contribution is 2.28. The van der Waals surface area contributed by atoms with Gasteiger partial charge in [-0.3, -0.25) is 0 Å². The van der Waals surface area contributed by atoms with Crippen LogP contribution in [0.3, 0.4) is 0 Å². The molecule has 0 aliphatic rings. The fourth-order valence-corrected chi connectivity index (χ4v) is 3.78. The van der Waals surface area contributed by atoms with Crippen LogP contribution in [0.1, 0.15) is 34.2 Å². The van der Waals surface area contributed by atoms with Gasteiger partial charge in [-0.25, -0.2) is 9.78 Å². The van der Waals surface area contributed by atoms with E-state index in [-0.39, 0.29) is 0 Å². The maximum absolute atomic E-state index is 11.3. The Morgan fingerprint density at radius 3 is 2.62 bits per heavy atom. The van der Waals surface area contributed by atoms with Crippen LogP contribution in [0.2, 0.25) is 5.02 Å². The van der Waals surface area contributed by atoms with Gasteiger partial charge >= 0.3 is 5.97 Å². The molecule has 1 N–H and O–H groups in total. The number of aromatic nitrogens is 1. The number of aromatic carboxylic acids is 1. The fourth-order valence-electron chi connectivity index (χ4n) is 1.83. The van der Waals surface area contributed by atoms with E-state index in [2.05, 4.69) is 18.8 Å². The molecule has 0 amide bonds. The second-order valence-electron chi connectivity index (χ2n) is 5.03. The van der Waals surface area contributed by atoms with Crippen LogP contribution >= 0.6 is 34.7 Å². The first kappa shape index (κ1) is 16.3. The van der Waals surface area contributed by atoms with Crippen LogP contribution in [0, 0.1) is 5.92 Å². The first-order valence-corrected chi connectivity index (χ1v) is 8.74. The highest BCUT2D eigenvalue weighted by molar-refractivity contribution is 7.98. The number of nitrogens with zero attached hydrogens (tertiary/aromatic N) is 1. The smallest absolute Gasteiger partial charge is 0.347 e. The molecule has 6 heteroatoms. The number of benzene rings is 1. The van der Waals surface area contributed by atoms with Crippen molar-refractivity contribution in [3.05, 3.63) is 44.9 Å². The monoisotopic (exact) mass is 341 g/mol. The van der Waals surface area contributed by atoms with Crippen LogP contribution in [0.25, 0.3) is 0 Å². The summed E-state index contributed by atoms with van der Waals surface area (Å²) in [5, 5.41) is 10.8. The van der Waals surface area contributed by atoms with E-state index in [0.29, 0.717) is 33.7 Å². The molecule has 0 spiro atoms. The van der Waals surface area contributed by atoms with Crippen LogP contribution < -0.4 is 0 Å². The van der Waals surface area contributed by atoms with Gasteiger partial charge in [-0.1, -0.05) is 25.4 Å². The lowest BCUT2D eigenvalue weighted by Gasteiger charge is -2.01. The average molecular weight is 342 g/mol. The second kappa shape index (κ2) is 7.29. The predicted molar refractivity (Wildman–Crippen MR) is 88.6 cm³/mol. The Morgan fingerprint density at radius 2 is 2.05 bits per heavy atom. The quantitative estimate of drug-likeness (QED) is 0.752. The number of carbonyl (C=O) groups is 1. The standard InChI is InChI=1S/C15H16ClNO2S2/c1-9(2)7-12-14(15(18)19)21-13(17-12)8-20-11-5-3-10(16)4-6-11/h3-6,9H,7-8H2,1-2H3,(H,18,19). The van der Waals surface area contributed by atoms with Crippen LogP contribution in [-0.4, -0.2) is 16.1 Å². The van der Waals surface area contributed by atoms with Gasteiger partial charge < -0.3 is 5.11 Å². The summed E-state index contributed by atoms with van der Waals surface area (Å²) < 4.78 is 0. The summed E-state index contributed by atoms with van der Waals surface area (Å²) in [4.78, 5) is 17.2. The molecule has 1 heterocycles. The number of halogens is 1. The molecule has 0 bridgehead atoms. The number of carboxylic acids is 1. The first-order valence-electron chi connectivity index (χ1n) is 6.56. The van der Waals surface area contributed by atoms with Crippen molar-refractivity contribution in [2.24, 2.45) is 5.92 Å².